The Hall–Kier alpha value is -3.03. The summed E-state index contributed by atoms with van der Waals surface area (Å²) in [5.41, 5.74) is 0.416. The highest BCUT2D eigenvalue weighted by Gasteiger charge is 2.13. The van der Waals surface area contributed by atoms with Crippen LogP contribution in [0.15, 0.2) is 33.6 Å². The molecule has 8 heteroatoms. The van der Waals surface area contributed by atoms with Gasteiger partial charge >= 0.3 is 0 Å². The lowest BCUT2D eigenvalue weighted by atomic mass is 10.1. The molecule has 3 rings (SSSR count). The molecule has 0 aliphatic heterocycles. The van der Waals surface area contributed by atoms with Gasteiger partial charge in [-0.2, -0.15) is 10.1 Å². The van der Waals surface area contributed by atoms with Gasteiger partial charge in [-0.3, -0.25) is 9.59 Å². The third-order valence-electron chi connectivity index (χ3n) is 4.25. The second-order valence-corrected chi connectivity index (χ2v) is 6.75. The first kappa shape index (κ1) is 18.8. The van der Waals surface area contributed by atoms with Crippen LogP contribution < -0.4 is 10.9 Å². The molecule has 27 heavy (non-hydrogen) atoms. The van der Waals surface area contributed by atoms with E-state index in [1.54, 1.807) is 19.2 Å². The fourth-order valence-corrected chi connectivity index (χ4v) is 2.79. The maximum atomic E-state index is 12.3. The molecule has 142 valence electrons. The predicted molar refractivity (Wildman–Crippen MR) is 100 cm³/mol. The van der Waals surface area contributed by atoms with Crippen LogP contribution in [0.2, 0.25) is 0 Å². The molecule has 1 aromatic carbocycles. The van der Waals surface area contributed by atoms with Crippen molar-refractivity contribution in [3.63, 3.8) is 0 Å². The molecular formula is C19H23N5O3. The van der Waals surface area contributed by atoms with Crippen molar-refractivity contribution in [3.05, 3.63) is 52.0 Å². The van der Waals surface area contributed by atoms with E-state index in [0.717, 1.165) is 0 Å². The highest BCUT2D eigenvalue weighted by molar-refractivity contribution is 5.88. The summed E-state index contributed by atoms with van der Waals surface area (Å²) in [6.45, 7) is 4.51. The minimum Gasteiger partial charge on any atom is -0.356 e. The Bertz CT molecular complexity index is 1010. The van der Waals surface area contributed by atoms with E-state index < -0.39 is 0 Å². The summed E-state index contributed by atoms with van der Waals surface area (Å²) in [4.78, 5) is 28.7. The number of carbonyl (C=O) groups is 1. The standard InChI is InChI=1S/C19H23N5O3/c1-12(2)18-21-17(27-23-18)9-6-10-20-16(25)11-15-13-7-4-5-8-14(13)19(26)24(3)22-15/h4-5,7-8,12H,6,9-11H2,1-3H3,(H,20,25). The molecule has 0 aliphatic rings. The van der Waals surface area contributed by atoms with Gasteiger partial charge < -0.3 is 9.84 Å². The Morgan fingerprint density at radius 1 is 1.26 bits per heavy atom. The lowest BCUT2D eigenvalue weighted by Crippen LogP contribution is -2.29. The van der Waals surface area contributed by atoms with Crippen molar-refractivity contribution in [2.45, 2.75) is 39.0 Å². The minimum atomic E-state index is -0.171. The van der Waals surface area contributed by atoms with Crippen molar-refractivity contribution >= 4 is 16.7 Å². The van der Waals surface area contributed by atoms with Crippen LogP contribution in [0.4, 0.5) is 0 Å². The van der Waals surface area contributed by atoms with Gasteiger partial charge in [0.1, 0.15) is 0 Å². The quantitative estimate of drug-likeness (QED) is 0.636. The fourth-order valence-electron chi connectivity index (χ4n) is 2.79. The molecule has 8 nitrogen and oxygen atoms in total. The highest BCUT2D eigenvalue weighted by atomic mass is 16.5. The molecule has 2 aromatic heterocycles. The maximum Gasteiger partial charge on any atom is 0.274 e. The van der Waals surface area contributed by atoms with E-state index in [-0.39, 0.29) is 23.8 Å². The molecule has 0 aliphatic carbocycles. The van der Waals surface area contributed by atoms with E-state index in [4.69, 9.17) is 4.52 Å². The summed E-state index contributed by atoms with van der Waals surface area (Å²) in [6.07, 6.45) is 1.43. The van der Waals surface area contributed by atoms with Crippen LogP contribution in [0.5, 0.6) is 0 Å². The van der Waals surface area contributed by atoms with Crippen LogP contribution in [0.1, 0.15) is 43.6 Å². The van der Waals surface area contributed by atoms with Gasteiger partial charge in [0.2, 0.25) is 11.8 Å². The first-order valence-corrected chi connectivity index (χ1v) is 9.00. The molecule has 0 bridgehead atoms. The first-order valence-electron chi connectivity index (χ1n) is 9.00. The van der Waals surface area contributed by atoms with Crippen LogP contribution >= 0.6 is 0 Å². The first-order chi connectivity index (χ1) is 13.0. The molecule has 0 fully saturated rings. The van der Waals surface area contributed by atoms with E-state index in [1.807, 2.05) is 26.0 Å². The number of rotatable bonds is 7. The number of nitrogens with one attached hydrogen (secondary N) is 1. The Kier molecular flexibility index (Phi) is 5.63. The van der Waals surface area contributed by atoms with Crippen molar-refractivity contribution in [1.82, 2.24) is 25.2 Å². The minimum absolute atomic E-state index is 0.118. The van der Waals surface area contributed by atoms with Gasteiger partial charge in [-0.15, -0.1) is 0 Å². The fraction of sp³-hybridized carbons (Fsp3) is 0.421. The van der Waals surface area contributed by atoms with Gasteiger partial charge in [-0.05, 0) is 12.5 Å². The number of aryl methyl sites for hydroxylation is 2. The summed E-state index contributed by atoms with van der Waals surface area (Å²) >= 11 is 0. The molecule has 1 N–H and O–H groups in total. The van der Waals surface area contributed by atoms with Gasteiger partial charge in [-0.1, -0.05) is 37.2 Å². The van der Waals surface area contributed by atoms with Crippen molar-refractivity contribution < 1.29 is 9.32 Å². The summed E-state index contributed by atoms with van der Waals surface area (Å²) in [7, 11) is 1.59. The summed E-state index contributed by atoms with van der Waals surface area (Å²) in [6, 6.07) is 7.20. The van der Waals surface area contributed by atoms with Crippen LogP contribution in [-0.4, -0.2) is 32.4 Å². The highest BCUT2D eigenvalue weighted by Crippen LogP contribution is 2.13. The lowest BCUT2D eigenvalue weighted by molar-refractivity contribution is -0.120. The van der Waals surface area contributed by atoms with Crippen molar-refractivity contribution in [2.24, 2.45) is 7.05 Å². The monoisotopic (exact) mass is 369 g/mol. The Morgan fingerprint density at radius 2 is 2.00 bits per heavy atom. The van der Waals surface area contributed by atoms with Crippen LogP contribution in [0, 0.1) is 0 Å². The number of amides is 1. The molecule has 0 atom stereocenters. The Labute approximate surface area is 156 Å². The predicted octanol–water partition coefficient (Wildman–Crippen LogP) is 1.73. The topological polar surface area (TPSA) is 103 Å². The lowest BCUT2D eigenvalue weighted by Gasteiger charge is -2.08. The van der Waals surface area contributed by atoms with E-state index in [9.17, 15) is 9.59 Å². The summed E-state index contributed by atoms with van der Waals surface area (Å²) in [5.74, 6) is 1.37. The second-order valence-electron chi connectivity index (χ2n) is 6.75. The Morgan fingerprint density at radius 3 is 2.70 bits per heavy atom. The number of hydrogen-bond donors (Lipinski definition) is 1. The second kappa shape index (κ2) is 8.11. The normalized spacial score (nSPS) is 11.3. The maximum absolute atomic E-state index is 12.3. The van der Waals surface area contributed by atoms with E-state index in [0.29, 0.717) is 47.6 Å². The molecular weight excluding hydrogens is 346 g/mol. The molecule has 2 heterocycles. The van der Waals surface area contributed by atoms with Crippen molar-refractivity contribution in [1.29, 1.82) is 0 Å². The average molecular weight is 369 g/mol. The molecule has 0 unspecified atom stereocenters. The van der Waals surface area contributed by atoms with E-state index in [1.165, 1.54) is 4.68 Å². The summed E-state index contributed by atoms with van der Waals surface area (Å²) in [5, 5.41) is 12.3. The molecule has 0 saturated carbocycles. The molecule has 0 spiro atoms. The Balaban J connectivity index is 1.56. The number of carbonyl (C=O) groups excluding carboxylic acids is 1. The van der Waals surface area contributed by atoms with Gasteiger partial charge in [0.15, 0.2) is 5.82 Å². The number of fused-ring (bicyclic) bond motifs is 1. The zero-order valence-electron chi connectivity index (χ0n) is 15.7. The third kappa shape index (κ3) is 4.39. The number of hydrogen-bond acceptors (Lipinski definition) is 6. The SMILES string of the molecule is CC(C)c1noc(CCCNC(=O)Cc2nn(C)c(=O)c3ccccc23)n1. The summed E-state index contributed by atoms with van der Waals surface area (Å²) < 4.78 is 6.46. The third-order valence-corrected chi connectivity index (χ3v) is 4.25. The van der Waals surface area contributed by atoms with Gasteiger partial charge in [-0.25, -0.2) is 4.68 Å². The molecule has 0 saturated heterocycles. The van der Waals surface area contributed by atoms with Crippen molar-refractivity contribution in [2.75, 3.05) is 6.54 Å². The number of benzene rings is 1. The number of aromatic nitrogens is 4. The smallest absolute Gasteiger partial charge is 0.274 e. The van der Waals surface area contributed by atoms with Crippen molar-refractivity contribution in [3.8, 4) is 0 Å². The van der Waals surface area contributed by atoms with Crippen LogP contribution in [-0.2, 0) is 24.7 Å². The van der Waals surface area contributed by atoms with E-state index in [2.05, 4.69) is 20.6 Å². The molecule has 3 aromatic rings. The van der Waals surface area contributed by atoms with Crippen LogP contribution in [0.25, 0.3) is 10.8 Å². The van der Waals surface area contributed by atoms with Gasteiger partial charge in [0.05, 0.1) is 17.5 Å². The number of nitrogens with zero attached hydrogens (tertiary/aromatic N) is 4. The molecule has 1 amide bonds. The van der Waals surface area contributed by atoms with Gasteiger partial charge in [0.25, 0.3) is 5.56 Å². The average Bonchev–Trinajstić information content (AvgIpc) is 3.12. The van der Waals surface area contributed by atoms with Crippen LogP contribution in [0.3, 0.4) is 0 Å². The van der Waals surface area contributed by atoms with E-state index >= 15 is 0 Å². The van der Waals surface area contributed by atoms with Gasteiger partial charge in [0, 0.05) is 31.3 Å². The zero-order chi connectivity index (χ0) is 19.4. The zero-order valence-corrected chi connectivity index (χ0v) is 15.7. The largest absolute Gasteiger partial charge is 0.356 e. The molecule has 0 radical (unpaired) electrons.